The van der Waals surface area contributed by atoms with Gasteiger partial charge in [-0.1, -0.05) is 42.5 Å². The number of carbonyl (C=O) groups excluding carboxylic acids is 1. The number of hydrogen-bond donors (Lipinski definition) is 1. The monoisotopic (exact) mass is 281 g/mol. The first kappa shape index (κ1) is 14.9. The SMILES string of the molecule is CC(C)Oc1ccccc1NC(=O)/C=C/c1ccccc1. The summed E-state index contributed by atoms with van der Waals surface area (Å²) in [5.41, 5.74) is 1.66. The van der Waals surface area contributed by atoms with E-state index in [-0.39, 0.29) is 12.0 Å². The molecule has 0 aliphatic rings. The Bertz CT molecular complexity index is 618. The van der Waals surface area contributed by atoms with E-state index < -0.39 is 0 Å². The van der Waals surface area contributed by atoms with E-state index in [9.17, 15) is 4.79 Å². The van der Waals surface area contributed by atoms with Crippen molar-refractivity contribution in [3.63, 3.8) is 0 Å². The topological polar surface area (TPSA) is 38.3 Å². The van der Waals surface area contributed by atoms with Crippen LogP contribution in [0.4, 0.5) is 5.69 Å². The molecule has 0 aliphatic carbocycles. The van der Waals surface area contributed by atoms with Gasteiger partial charge >= 0.3 is 0 Å². The highest BCUT2D eigenvalue weighted by Crippen LogP contribution is 2.24. The summed E-state index contributed by atoms with van der Waals surface area (Å²) < 4.78 is 5.67. The van der Waals surface area contributed by atoms with Crippen LogP contribution in [-0.2, 0) is 4.79 Å². The molecule has 3 heteroatoms. The zero-order valence-electron chi connectivity index (χ0n) is 12.2. The molecule has 0 bridgehead atoms. The van der Waals surface area contributed by atoms with Gasteiger partial charge in [0.25, 0.3) is 0 Å². The number of hydrogen-bond acceptors (Lipinski definition) is 2. The molecule has 2 rings (SSSR count). The second-order valence-corrected chi connectivity index (χ2v) is 4.90. The molecule has 0 saturated heterocycles. The van der Waals surface area contributed by atoms with E-state index >= 15 is 0 Å². The van der Waals surface area contributed by atoms with Crippen LogP contribution in [0.1, 0.15) is 19.4 Å². The van der Waals surface area contributed by atoms with E-state index in [4.69, 9.17) is 4.74 Å². The number of nitrogens with one attached hydrogen (secondary N) is 1. The van der Waals surface area contributed by atoms with Crippen LogP contribution in [0.5, 0.6) is 5.75 Å². The molecular weight excluding hydrogens is 262 g/mol. The van der Waals surface area contributed by atoms with Gasteiger partial charge in [-0.15, -0.1) is 0 Å². The van der Waals surface area contributed by atoms with Gasteiger partial charge in [0.05, 0.1) is 11.8 Å². The van der Waals surface area contributed by atoms with Gasteiger partial charge in [-0.3, -0.25) is 4.79 Å². The highest BCUT2D eigenvalue weighted by Gasteiger charge is 2.06. The summed E-state index contributed by atoms with van der Waals surface area (Å²) in [4.78, 5) is 12.0. The lowest BCUT2D eigenvalue weighted by atomic mass is 10.2. The molecule has 0 heterocycles. The summed E-state index contributed by atoms with van der Waals surface area (Å²) in [5, 5.41) is 2.84. The van der Waals surface area contributed by atoms with Crippen LogP contribution in [0.2, 0.25) is 0 Å². The van der Waals surface area contributed by atoms with E-state index in [2.05, 4.69) is 5.32 Å². The molecule has 1 N–H and O–H groups in total. The molecule has 0 unspecified atom stereocenters. The van der Waals surface area contributed by atoms with Crippen molar-refractivity contribution in [2.75, 3.05) is 5.32 Å². The first-order valence-electron chi connectivity index (χ1n) is 6.95. The second kappa shape index (κ2) is 7.29. The Labute approximate surface area is 125 Å². The van der Waals surface area contributed by atoms with Crippen molar-refractivity contribution in [2.45, 2.75) is 20.0 Å². The smallest absolute Gasteiger partial charge is 0.248 e. The second-order valence-electron chi connectivity index (χ2n) is 4.90. The average molecular weight is 281 g/mol. The third-order valence-corrected chi connectivity index (χ3v) is 2.73. The van der Waals surface area contributed by atoms with Gasteiger partial charge < -0.3 is 10.1 Å². The Morgan fingerprint density at radius 3 is 2.43 bits per heavy atom. The largest absolute Gasteiger partial charge is 0.489 e. The zero-order valence-corrected chi connectivity index (χ0v) is 12.2. The third-order valence-electron chi connectivity index (χ3n) is 2.73. The standard InChI is InChI=1S/C18H19NO2/c1-14(2)21-17-11-7-6-10-16(17)19-18(20)13-12-15-8-4-3-5-9-15/h3-14H,1-2H3,(H,19,20)/b13-12+. The molecule has 0 aromatic heterocycles. The summed E-state index contributed by atoms with van der Waals surface area (Å²) in [6.07, 6.45) is 3.35. The van der Waals surface area contributed by atoms with Crippen LogP contribution in [0, 0.1) is 0 Å². The molecule has 0 aliphatic heterocycles. The molecule has 2 aromatic carbocycles. The number of para-hydroxylation sites is 2. The summed E-state index contributed by atoms with van der Waals surface area (Å²) in [6, 6.07) is 17.1. The number of rotatable bonds is 5. The predicted octanol–water partition coefficient (Wildman–Crippen LogP) is 4.13. The van der Waals surface area contributed by atoms with Crippen molar-refractivity contribution in [1.82, 2.24) is 0 Å². The third kappa shape index (κ3) is 4.80. The normalized spacial score (nSPS) is 10.8. The van der Waals surface area contributed by atoms with Crippen LogP contribution in [0.25, 0.3) is 6.08 Å². The Kier molecular flexibility index (Phi) is 5.16. The number of ether oxygens (including phenoxy) is 1. The van der Waals surface area contributed by atoms with Crippen LogP contribution >= 0.6 is 0 Å². The van der Waals surface area contributed by atoms with Crippen molar-refractivity contribution in [2.24, 2.45) is 0 Å². The number of carbonyl (C=O) groups is 1. The van der Waals surface area contributed by atoms with Crippen LogP contribution in [-0.4, -0.2) is 12.0 Å². The van der Waals surface area contributed by atoms with Crippen molar-refractivity contribution < 1.29 is 9.53 Å². The average Bonchev–Trinajstić information content (AvgIpc) is 2.48. The molecule has 0 saturated carbocycles. The minimum absolute atomic E-state index is 0.0583. The molecule has 0 spiro atoms. The van der Waals surface area contributed by atoms with Crippen LogP contribution in [0.15, 0.2) is 60.7 Å². The lowest BCUT2D eigenvalue weighted by Gasteiger charge is -2.14. The fraction of sp³-hybridized carbons (Fsp3) is 0.167. The summed E-state index contributed by atoms with van der Waals surface area (Å²) in [5.74, 6) is 0.493. The molecule has 2 aromatic rings. The van der Waals surface area contributed by atoms with E-state index in [1.54, 1.807) is 6.08 Å². The van der Waals surface area contributed by atoms with Gasteiger partial charge in [-0.05, 0) is 37.6 Å². The lowest BCUT2D eigenvalue weighted by Crippen LogP contribution is -2.12. The number of amides is 1. The van der Waals surface area contributed by atoms with Gasteiger partial charge in [0, 0.05) is 6.08 Å². The van der Waals surface area contributed by atoms with Gasteiger partial charge in [-0.25, -0.2) is 0 Å². The molecule has 108 valence electrons. The molecule has 0 radical (unpaired) electrons. The zero-order chi connectivity index (χ0) is 15.1. The molecule has 1 amide bonds. The summed E-state index contributed by atoms with van der Waals surface area (Å²) in [7, 11) is 0. The highest BCUT2D eigenvalue weighted by molar-refractivity contribution is 6.02. The van der Waals surface area contributed by atoms with E-state index in [1.807, 2.05) is 68.4 Å². The first-order chi connectivity index (χ1) is 10.1. The number of benzene rings is 2. The minimum atomic E-state index is -0.182. The maximum atomic E-state index is 12.0. The van der Waals surface area contributed by atoms with Gasteiger partial charge in [0.15, 0.2) is 0 Å². The quantitative estimate of drug-likeness (QED) is 0.837. The van der Waals surface area contributed by atoms with Crippen molar-refractivity contribution >= 4 is 17.7 Å². The van der Waals surface area contributed by atoms with Gasteiger partial charge in [0.2, 0.25) is 5.91 Å². The van der Waals surface area contributed by atoms with Crippen molar-refractivity contribution in [1.29, 1.82) is 0 Å². The molecule has 3 nitrogen and oxygen atoms in total. The maximum Gasteiger partial charge on any atom is 0.248 e. The fourth-order valence-electron chi connectivity index (χ4n) is 1.84. The Balaban J connectivity index is 2.04. The van der Waals surface area contributed by atoms with Crippen LogP contribution in [0.3, 0.4) is 0 Å². The lowest BCUT2D eigenvalue weighted by molar-refractivity contribution is -0.111. The van der Waals surface area contributed by atoms with Gasteiger partial charge in [-0.2, -0.15) is 0 Å². The fourth-order valence-corrected chi connectivity index (χ4v) is 1.84. The number of anilines is 1. The summed E-state index contributed by atoms with van der Waals surface area (Å²) in [6.45, 7) is 3.90. The Hall–Kier alpha value is -2.55. The van der Waals surface area contributed by atoms with E-state index in [1.165, 1.54) is 6.08 Å². The van der Waals surface area contributed by atoms with Crippen molar-refractivity contribution in [3.05, 3.63) is 66.2 Å². The first-order valence-corrected chi connectivity index (χ1v) is 6.95. The molecule has 0 fully saturated rings. The van der Waals surface area contributed by atoms with Crippen LogP contribution < -0.4 is 10.1 Å². The van der Waals surface area contributed by atoms with Gasteiger partial charge in [0.1, 0.15) is 5.75 Å². The highest BCUT2D eigenvalue weighted by atomic mass is 16.5. The van der Waals surface area contributed by atoms with Crippen molar-refractivity contribution in [3.8, 4) is 5.75 Å². The molecule has 0 atom stereocenters. The van der Waals surface area contributed by atoms with E-state index in [0.717, 1.165) is 5.56 Å². The molecule has 21 heavy (non-hydrogen) atoms. The predicted molar refractivity (Wildman–Crippen MR) is 86.3 cm³/mol. The maximum absolute atomic E-state index is 12.0. The molecular formula is C18H19NO2. The Morgan fingerprint density at radius 2 is 1.71 bits per heavy atom. The summed E-state index contributed by atoms with van der Waals surface area (Å²) >= 11 is 0. The van der Waals surface area contributed by atoms with E-state index in [0.29, 0.717) is 11.4 Å². The Morgan fingerprint density at radius 1 is 1.05 bits per heavy atom. The minimum Gasteiger partial charge on any atom is -0.489 e.